The number of hydrogen-bond acceptors (Lipinski definition) is 6. The summed E-state index contributed by atoms with van der Waals surface area (Å²) in [5.74, 6) is -1.31. The van der Waals surface area contributed by atoms with Crippen molar-refractivity contribution in [3.63, 3.8) is 0 Å². The lowest BCUT2D eigenvalue weighted by molar-refractivity contribution is -0.139. The monoisotopic (exact) mass is 490 g/mol. The first-order valence-electron chi connectivity index (χ1n) is 11.6. The fourth-order valence-electron chi connectivity index (χ4n) is 5.31. The minimum Gasteiger partial charge on any atom is -0.396 e. The molecule has 1 aromatic carbocycles. The first-order valence-corrected chi connectivity index (χ1v) is 12.5. The summed E-state index contributed by atoms with van der Waals surface area (Å²) in [5.41, 5.74) is 2.09. The number of hydrogen-bond donors (Lipinski definition) is 2. The molecular formula is C26H26N4O4S. The van der Waals surface area contributed by atoms with Crippen molar-refractivity contribution in [2.24, 2.45) is 11.8 Å². The standard InChI is InChI=1S/C26H26N4O4S/c1-2-21(32)30-22-18(19(15-31)23(30)24(33)28-26-27-12-13-35-26)14-29-20(22)11-10-17(25(29)34)9-8-16-6-4-3-5-7-16/h3-13,18-19,22-23,31H,2,14-15H2,1H3,(H,27,28,33)/b9-8+/t18-,19-,22+,23-/m1/s1. The molecule has 180 valence electrons. The first kappa shape index (κ1) is 23.2. The average molecular weight is 491 g/mol. The van der Waals surface area contributed by atoms with Gasteiger partial charge in [0.2, 0.25) is 11.8 Å². The van der Waals surface area contributed by atoms with Crippen LogP contribution >= 0.6 is 11.3 Å². The number of fused-ring (bicyclic) bond motifs is 3. The number of nitrogens with one attached hydrogen (secondary N) is 1. The summed E-state index contributed by atoms with van der Waals surface area (Å²) in [4.78, 5) is 45.4. The number of aliphatic hydroxyl groups excluding tert-OH is 1. The SMILES string of the molecule is CCC(=O)N1[C@@H]2c3ccc(/C=C/c4ccccc4)c(=O)n3C[C@@H]2[C@@H](CO)[C@@H]1C(=O)Nc1nccs1. The van der Waals surface area contributed by atoms with E-state index in [0.717, 1.165) is 5.56 Å². The number of likely N-dealkylation sites (tertiary alicyclic amines) is 1. The summed E-state index contributed by atoms with van der Waals surface area (Å²) in [7, 11) is 0. The fraction of sp³-hybridized carbons (Fsp3) is 0.308. The van der Waals surface area contributed by atoms with E-state index >= 15 is 0 Å². The molecule has 5 rings (SSSR count). The second-order valence-corrected chi connectivity index (χ2v) is 9.65. The van der Waals surface area contributed by atoms with Gasteiger partial charge in [-0.2, -0.15) is 0 Å². The third-order valence-corrected chi connectivity index (χ3v) is 7.57. The Hall–Kier alpha value is -3.56. The van der Waals surface area contributed by atoms with Gasteiger partial charge >= 0.3 is 0 Å². The molecule has 1 saturated heterocycles. The Balaban J connectivity index is 1.50. The molecule has 2 amide bonds. The van der Waals surface area contributed by atoms with E-state index in [1.54, 1.807) is 40.1 Å². The zero-order valence-electron chi connectivity index (χ0n) is 19.2. The molecule has 9 heteroatoms. The summed E-state index contributed by atoms with van der Waals surface area (Å²) in [6, 6.07) is 12.1. The van der Waals surface area contributed by atoms with Gasteiger partial charge in [-0.15, -0.1) is 11.3 Å². The summed E-state index contributed by atoms with van der Waals surface area (Å²) in [6.45, 7) is 1.82. The van der Waals surface area contributed by atoms with Crippen molar-refractivity contribution in [3.05, 3.63) is 81.2 Å². The molecule has 0 spiro atoms. The van der Waals surface area contributed by atoms with Crippen molar-refractivity contribution in [1.82, 2.24) is 14.5 Å². The van der Waals surface area contributed by atoms with Crippen LogP contribution in [0.1, 0.15) is 36.2 Å². The lowest BCUT2D eigenvalue weighted by Gasteiger charge is -2.30. The van der Waals surface area contributed by atoms with E-state index in [2.05, 4.69) is 10.3 Å². The summed E-state index contributed by atoms with van der Waals surface area (Å²) >= 11 is 1.29. The van der Waals surface area contributed by atoms with Gasteiger partial charge in [0.05, 0.1) is 6.04 Å². The number of benzene rings is 1. The number of carbonyl (C=O) groups is 2. The van der Waals surface area contributed by atoms with Crippen LogP contribution in [0.4, 0.5) is 5.13 Å². The maximum Gasteiger partial charge on any atom is 0.258 e. The van der Waals surface area contributed by atoms with Crippen LogP contribution in [0.5, 0.6) is 0 Å². The van der Waals surface area contributed by atoms with Crippen molar-refractivity contribution in [3.8, 4) is 0 Å². The molecule has 0 saturated carbocycles. The van der Waals surface area contributed by atoms with Crippen molar-refractivity contribution in [2.75, 3.05) is 11.9 Å². The molecule has 2 aromatic heterocycles. The molecule has 2 aliphatic heterocycles. The van der Waals surface area contributed by atoms with Gasteiger partial charge in [0.1, 0.15) is 6.04 Å². The molecule has 4 atom stereocenters. The van der Waals surface area contributed by atoms with E-state index in [4.69, 9.17) is 0 Å². The van der Waals surface area contributed by atoms with Crippen molar-refractivity contribution >= 4 is 40.4 Å². The minimum absolute atomic E-state index is 0.145. The van der Waals surface area contributed by atoms with E-state index < -0.39 is 18.0 Å². The number of amides is 2. The highest BCUT2D eigenvalue weighted by atomic mass is 32.1. The van der Waals surface area contributed by atoms with Gasteiger partial charge < -0.3 is 19.9 Å². The molecule has 1 fully saturated rings. The van der Waals surface area contributed by atoms with E-state index in [9.17, 15) is 19.5 Å². The molecular weight excluding hydrogens is 464 g/mol. The quantitative estimate of drug-likeness (QED) is 0.553. The number of aliphatic hydroxyl groups is 1. The third kappa shape index (κ3) is 4.11. The number of rotatable bonds is 6. The third-order valence-electron chi connectivity index (χ3n) is 6.88. The second-order valence-electron chi connectivity index (χ2n) is 8.75. The van der Waals surface area contributed by atoms with Crippen molar-refractivity contribution in [2.45, 2.75) is 32.0 Å². The zero-order chi connectivity index (χ0) is 24.5. The maximum atomic E-state index is 13.3. The van der Waals surface area contributed by atoms with Crippen LogP contribution in [-0.2, 0) is 16.1 Å². The van der Waals surface area contributed by atoms with Gasteiger partial charge in [0.15, 0.2) is 5.13 Å². The highest BCUT2D eigenvalue weighted by Crippen LogP contribution is 2.49. The van der Waals surface area contributed by atoms with Crippen LogP contribution in [0, 0.1) is 11.8 Å². The summed E-state index contributed by atoms with van der Waals surface area (Å²) in [5, 5.41) is 15.3. The largest absolute Gasteiger partial charge is 0.396 e. The highest BCUT2D eigenvalue weighted by molar-refractivity contribution is 7.13. The lowest BCUT2D eigenvalue weighted by Crippen LogP contribution is -2.48. The molecule has 0 bridgehead atoms. The topological polar surface area (TPSA) is 105 Å². The van der Waals surface area contributed by atoms with Crippen LogP contribution < -0.4 is 10.9 Å². The average Bonchev–Trinajstić information content (AvgIpc) is 3.59. The first-order chi connectivity index (χ1) is 17.0. The van der Waals surface area contributed by atoms with Crippen LogP contribution in [0.3, 0.4) is 0 Å². The molecule has 0 radical (unpaired) electrons. The van der Waals surface area contributed by atoms with Crippen LogP contribution in [0.25, 0.3) is 12.2 Å². The molecule has 35 heavy (non-hydrogen) atoms. The Kier molecular flexibility index (Phi) is 6.36. The number of nitrogens with zero attached hydrogens (tertiary/aromatic N) is 3. The predicted octanol–water partition coefficient (Wildman–Crippen LogP) is 3.01. The smallest absolute Gasteiger partial charge is 0.258 e. The molecule has 0 aliphatic carbocycles. The molecule has 8 nitrogen and oxygen atoms in total. The number of anilines is 1. The minimum atomic E-state index is -0.840. The van der Waals surface area contributed by atoms with E-state index in [1.807, 2.05) is 42.5 Å². The second kappa shape index (κ2) is 9.59. The van der Waals surface area contributed by atoms with E-state index in [1.165, 1.54) is 11.3 Å². The lowest BCUT2D eigenvalue weighted by atomic mass is 9.88. The normalized spacial score (nSPS) is 22.9. The number of pyridine rings is 1. The van der Waals surface area contributed by atoms with Crippen LogP contribution in [0.2, 0.25) is 0 Å². The fourth-order valence-corrected chi connectivity index (χ4v) is 5.84. The van der Waals surface area contributed by atoms with Crippen molar-refractivity contribution in [1.29, 1.82) is 0 Å². The highest BCUT2D eigenvalue weighted by Gasteiger charge is 2.57. The Labute approximate surface area is 206 Å². The number of thiazole rings is 1. The molecule has 2 N–H and O–H groups in total. The molecule has 3 aromatic rings. The van der Waals surface area contributed by atoms with Gasteiger partial charge in [-0.1, -0.05) is 43.3 Å². The molecule has 4 heterocycles. The molecule has 0 unspecified atom stereocenters. The van der Waals surface area contributed by atoms with Crippen LogP contribution in [0.15, 0.2) is 58.8 Å². The van der Waals surface area contributed by atoms with E-state index in [-0.39, 0.29) is 36.3 Å². The number of aromatic nitrogens is 2. The maximum absolute atomic E-state index is 13.3. The Morgan fingerprint density at radius 1 is 1.20 bits per heavy atom. The molecule has 2 aliphatic rings. The van der Waals surface area contributed by atoms with Gasteiger partial charge in [0.25, 0.3) is 5.56 Å². The predicted molar refractivity (Wildman–Crippen MR) is 135 cm³/mol. The van der Waals surface area contributed by atoms with Gasteiger partial charge in [0, 0.05) is 54.2 Å². The Morgan fingerprint density at radius 2 is 2.00 bits per heavy atom. The Morgan fingerprint density at radius 3 is 2.69 bits per heavy atom. The van der Waals surface area contributed by atoms with Gasteiger partial charge in [-0.05, 0) is 23.8 Å². The number of carbonyl (C=O) groups excluding carboxylic acids is 2. The van der Waals surface area contributed by atoms with Crippen molar-refractivity contribution < 1.29 is 14.7 Å². The zero-order valence-corrected chi connectivity index (χ0v) is 20.0. The van der Waals surface area contributed by atoms with Gasteiger partial charge in [-0.3, -0.25) is 14.4 Å². The van der Waals surface area contributed by atoms with Crippen LogP contribution in [-0.4, -0.2) is 44.0 Å². The van der Waals surface area contributed by atoms with E-state index in [0.29, 0.717) is 22.9 Å². The summed E-state index contributed by atoms with van der Waals surface area (Å²) < 4.78 is 1.69. The van der Waals surface area contributed by atoms with Gasteiger partial charge in [-0.25, -0.2) is 4.98 Å². The Bertz CT molecular complexity index is 1320. The summed E-state index contributed by atoms with van der Waals surface area (Å²) in [6.07, 6.45) is 5.49.